The Morgan fingerprint density at radius 1 is 1.42 bits per heavy atom. The summed E-state index contributed by atoms with van der Waals surface area (Å²) in [5, 5.41) is 2.74. The minimum atomic E-state index is -4.16. The highest BCUT2D eigenvalue weighted by molar-refractivity contribution is 5.81. The van der Waals surface area contributed by atoms with Gasteiger partial charge in [0.1, 0.15) is 0 Å². The number of piperidine rings is 1. The Hall–Kier alpha value is -0.780. The highest BCUT2D eigenvalue weighted by atomic mass is 19.4. The number of rotatable bonds is 4. The number of nitrogens with one attached hydrogen (secondary N) is 1. The predicted octanol–water partition coefficient (Wildman–Crippen LogP) is 2.42. The SMILES string of the molecule is CCC(C)CN(C)C(=O)C1CCC(C(F)(F)F)CN1. The number of hydrogen-bond acceptors (Lipinski definition) is 2. The summed E-state index contributed by atoms with van der Waals surface area (Å²) in [6.45, 7) is 4.60. The van der Waals surface area contributed by atoms with Gasteiger partial charge >= 0.3 is 6.18 Å². The molecule has 0 aliphatic carbocycles. The molecule has 19 heavy (non-hydrogen) atoms. The van der Waals surface area contributed by atoms with Gasteiger partial charge in [-0.1, -0.05) is 20.3 Å². The standard InChI is InChI=1S/C13H23F3N2O/c1-4-9(2)8-18(3)12(19)11-6-5-10(7-17-11)13(14,15)16/h9-11,17H,4-8H2,1-3H3. The summed E-state index contributed by atoms with van der Waals surface area (Å²) in [7, 11) is 1.71. The van der Waals surface area contributed by atoms with E-state index in [9.17, 15) is 18.0 Å². The molecule has 3 atom stereocenters. The molecule has 0 bridgehead atoms. The molecule has 1 aliphatic heterocycles. The molecule has 1 N–H and O–H groups in total. The fourth-order valence-electron chi connectivity index (χ4n) is 2.30. The molecule has 0 aromatic heterocycles. The summed E-state index contributed by atoms with van der Waals surface area (Å²) < 4.78 is 37.5. The third kappa shape index (κ3) is 4.67. The maximum absolute atomic E-state index is 12.5. The van der Waals surface area contributed by atoms with E-state index in [1.165, 1.54) is 0 Å². The number of nitrogens with zero attached hydrogens (tertiary/aromatic N) is 1. The number of amides is 1. The Morgan fingerprint density at radius 2 is 2.05 bits per heavy atom. The smallest absolute Gasteiger partial charge is 0.344 e. The predicted molar refractivity (Wildman–Crippen MR) is 67.7 cm³/mol. The van der Waals surface area contributed by atoms with E-state index in [2.05, 4.69) is 19.2 Å². The maximum atomic E-state index is 12.5. The van der Waals surface area contributed by atoms with Gasteiger partial charge < -0.3 is 10.2 Å². The van der Waals surface area contributed by atoms with Crippen molar-refractivity contribution >= 4 is 5.91 Å². The van der Waals surface area contributed by atoms with Gasteiger partial charge in [-0.2, -0.15) is 13.2 Å². The molecule has 1 fully saturated rings. The first-order chi connectivity index (χ1) is 8.75. The van der Waals surface area contributed by atoms with Crippen LogP contribution in [0.1, 0.15) is 33.1 Å². The number of halogens is 3. The molecular formula is C13H23F3N2O. The first-order valence-corrected chi connectivity index (χ1v) is 6.80. The van der Waals surface area contributed by atoms with Gasteiger partial charge in [0, 0.05) is 20.1 Å². The summed E-state index contributed by atoms with van der Waals surface area (Å²) in [6.07, 6.45) is -2.90. The Labute approximate surface area is 112 Å². The lowest BCUT2D eigenvalue weighted by atomic mass is 9.93. The van der Waals surface area contributed by atoms with E-state index in [0.717, 1.165) is 6.42 Å². The second kappa shape index (κ2) is 6.59. The van der Waals surface area contributed by atoms with Crippen LogP contribution in [0.4, 0.5) is 13.2 Å². The van der Waals surface area contributed by atoms with E-state index in [-0.39, 0.29) is 25.3 Å². The topological polar surface area (TPSA) is 32.3 Å². The molecule has 0 radical (unpaired) electrons. The fraction of sp³-hybridized carbons (Fsp3) is 0.923. The van der Waals surface area contributed by atoms with Gasteiger partial charge in [-0.15, -0.1) is 0 Å². The number of carbonyl (C=O) groups excluding carboxylic acids is 1. The summed E-state index contributed by atoms with van der Waals surface area (Å²) in [6, 6.07) is -0.465. The van der Waals surface area contributed by atoms with E-state index in [0.29, 0.717) is 12.5 Å². The molecule has 112 valence electrons. The lowest BCUT2D eigenvalue weighted by molar-refractivity contribution is -0.180. The zero-order chi connectivity index (χ0) is 14.6. The fourth-order valence-corrected chi connectivity index (χ4v) is 2.30. The molecule has 1 aliphatic rings. The second-order valence-corrected chi connectivity index (χ2v) is 5.51. The van der Waals surface area contributed by atoms with Crippen LogP contribution in [0.2, 0.25) is 0 Å². The first-order valence-electron chi connectivity index (χ1n) is 6.80. The molecule has 1 amide bonds. The molecule has 3 nitrogen and oxygen atoms in total. The van der Waals surface area contributed by atoms with E-state index < -0.39 is 18.1 Å². The average molecular weight is 280 g/mol. The van der Waals surface area contributed by atoms with Gasteiger partial charge in [-0.3, -0.25) is 4.79 Å². The molecule has 1 saturated heterocycles. The molecular weight excluding hydrogens is 257 g/mol. The van der Waals surface area contributed by atoms with Crippen molar-refractivity contribution in [1.82, 2.24) is 10.2 Å². The van der Waals surface area contributed by atoms with Crippen molar-refractivity contribution in [2.45, 2.75) is 45.3 Å². The zero-order valence-electron chi connectivity index (χ0n) is 11.8. The van der Waals surface area contributed by atoms with Gasteiger partial charge in [-0.25, -0.2) is 0 Å². The molecule has 1 heterocycles. The summed E-state index contributed by atoms with van der Waals surface area (Å²) in [4.78, 5) is 13.7. The normalized spacial score (nSPS) is 26.0. The second-order valence-electron chi connectivity index (χ2n) is 5.51. The highest BCUT2D eigenvalue weighted by Crippen LogP contribution is 2.32. The minimum absolute atomic E-state index is 0.0318. The van der Waals surface area contributed by atoms with E-state index in [1.54, 1.807) is 11.9 Å². The highest BCUT2D eigenvalue weighted by Gasteiger charge is 2.42. The van der Waals surface area contributed by atoms with Crippen LogP contribution in [-0.4, -0.2) is 43.2 Å². The van der Waals surface area contributed by atoms with Crippen LogP contribution >= 0.6 is 0 Å². The van der Waals surface area contributed by atoms with Crippen LogP contribution in [0, 0.1) is 11.8 Å². The van der Waals surface area contributed by atoms with Gasteiger partial charge in [0.2, 0.25) is 5.91 Å². The van der Waals surface area contributed by atoms with E-state index in [4.69, 9.17) is 0 Å². The quantitative estimate of drug-likeness (QED) is 0.857. The molecule has 0 saturated carbocycles. The Morgan fingerprint density at radius 3 is 2.47 bits per heavy atom. The van der Waals surface area contributed by atoms with Crippen LogP contribution in [0.5, 0.6) is 0 Å². The largest absolute Gasteiger partial charge is 0.393 e. The van der Waals surface area contributed by atoms with Gasteiger partial charge in [0.15, 0.2) is 0 Å². The molecule has 0 aromatic carbocycles. The maximum Gasteiger partial charge on any atom is 0.393 e. The molecule has 1 rings (SSSR count). The average Bonchev–Trinajstić information content (AvgIpc) is 2.36. The number of carbonyl (C=O) groups is 1. The van der Waals surface area contributed by atoms with Crippen LogP contribution < -0.4 is 5.32 Å². The molecule has 0 spiro atoms. The van der Waals surface area contributed by atoms with Crippen molar-refractivity contribution in [3.05, 3.63) is 0 Å². The zero-order valence-corrected chi connectivity index (χ0v) is 11.8. The van der Waals surface area contributed by atoms with Crippen molar-refractivity contribution in [2.75, 3.05) is 20.1 Å². The molecule has 6 heteroatoms. The number of hydrogen-bond donors (Lipinski definition) is 1. The van der Waals surface area contributed by atoms with Crippen molar-refractivity contribution in [3.8, 4) is 0 Å². The van der Waals surface area contributed by atoms with Crippen molar-refractivity contribution in [3.63, 3.8) is 0 Å². The number of likely N-dealkylation sites (N-methyl/N-ethyl adjacent to an activating group) is 1. The molecule has 3 unspecified atom stereocenters. The Balaban J connectivity index is 2.44. The monoisotopic (exact) mass is 280 g/mol. The third-order valence-electron chi connectivity index (χ3n) is 3.83. The lowest BCUT2D eigenvalue weighted by Gasteiger charge is -2.33. The van der Waals surface area contributed by atoms with Crippen LogP contribution in [0.15, 0.2) is 0 Å². The summed E-state index contributed by atoms with van der Waals surface area (Å²) in [5.74, 6) is -1.02. The van der Waals surface area contributed by atoms with Crippen LogP contribution in [0.3, 0.4) is 0 Å². The van der Waals surface area contributed by atoms with Gasteiger partial charge in [0.05, 0.1) is 12.0 Å². The summed E-state index contributed by atoms with van der Waals surface area (Å²) >= 11 is 0. The van der Waals surface area contributed by atoms with Crippen LogP contribution in [-0.2, 0) is 4.79 Å². The lowest BCUT2D eigenvalue weighted by Crippen LogP contribution is -2.52. The van der Waals surface area contributed by atoms with Gasteiger partial charge in [-0.05, 0) is 18.8 Å². The van der Waals surface area contributed by atoms with E-state index >= 15 is 0 Å². The van der Waals surface area contributed by atoms with Crippen molar-refractivity contribution in [1.29, 1.82) is 0 Å². The molecule has 0 aromatic rings. The number of alkyl halides is 3. The Bertz CT molecular complexity index is 299. The van der Waals surface area contributed by atoms with Crippen LogP contribution in [0.25, 0.3) is 0 Å². The minimum Gasteiger partial charge on any atom is -0.344 e. The van der Waals surface area contributed by atoms with Crippen molar-refractivity contribution in [2.24, 2.45) is 11.8 Å². The van der Waals surface area contributed by atoms with Crippen molar-refractivity contribution < 1.29 is 18.0 Å². The van der Waals surface area contributed by atoms with E-state index in [1.807, 2.05) is 0 Å². The summed E-state index contributed by atoms with van der Waals surface area (Å²) in [5.41, 5.74) is 0. The third-order valence-corrected chi connectivity index (χ3v) is 3.83. The Kier molecular flexibility index (Phi) is 5.64. The van der Waals surface area contributed by atoms with Gasteiger partial charge in [0.25, 0.3) is 0 Å². The first kappa shape index (κ1) is 16.3.